The summed E-state index contributed by atoms with van der Waals surface area (Å²) in [5.41, 5.74) is 3.15. The molecule has 2 aromatic heterocycles. The Kier molecular flexibility index (Phi) is 5.05. The highest BCUT2D eigenvalue weighted by Crippen LogP contribution is 2.32. The van der Waals surface area contributed by atoms with E-state index < -0.39 is 0 Å². The molecule has 0 aromatic carbocycles. The van der Waals surface area contributed by atoms with Crippen LogP contribution in [0.5, 0.6) is 0 Å². The number of nitrogens with zero attached hydrogens (tertiary/aromatic N) is 3. The minimum Gasteiger partial charge on any atom is -0.343 e. The lowest BCUT2D eigenvalue weighted by Gasteiger charge is -2.28. The number of likely N-dealkylation sites (tertiary alicyclic amines) is 1. The first kappa shape index (κ1) is 17.6. The summed E-state index contributed by atoms with van der Waals surface area (Å²) >= 11 is 1.58. The van der Waals surface area contributed by atoms with E-state index in [9.17, 15) is 4.79 Å². The van der Waals surface area contributed by atoms with Gasteiger partial charge in [-0.25, -0.2) is 4.98 Å². The number of nitrogens with one attached hydrogen (secondary N) is 1. The maximum absolute atomic E-state index is 12.9. The number of hydrogen-bond acceptors (Lipinski definition) is 5. The van der Waals surface area contributed by atoms with E-state index in [0.717, 1.165) is 60.0 Å². The van der Waals surface area contributed by atoms with E-state index in [4.69, 9.17) is 4.98 Å². The second-order valence-electron chi connectivity index (χ2n) is 7.53. The van der Waals surface area contributed by atoms with Crippen molar-refractivity contribution in [1.29, 1.82) is 0 Å². The summed E-state index contributed by atoms with van der Waals surface area (Å²) < 4.78 is 0. The van der Waals surface area contributed by atoms with E-state index in [0.29, 0.717) is 5.92 Å². The maximum atomic E-state index is 12.9. The largest absolute Gasteiger partial charge is 0.343 e. The second kappa shape index (κ2) is 7.45. The topological polar surface area (TPSA) is 58.1 Å². The van der Waals surface area contributed by atoms with E-state index in [1.807, 2.05) is 19.2 Å². The highest BCUT2D eigenvalue weighted by Gasteiger charge is 2.27. The summed E-state index contributed by atoms with van der Waals surface area (Å²) in [4.78, 5) is 25.3. The first-order valence-corrected chi connectivity index (χ1v) is 10.3. The molecular formula is C20H26N4OS. The molecule has 0 bridgehead atoms. The summed E-state index contributed by atoms with van der Waals surface area (Å²) in [5.74, 6) is 0.454. The predicted octanol–water partition coefficient (Wildman–Crippen LogP) is 3.46. The second-order valence-corrected chi connectivity index (χ2v) is 8.56. The lowest BCUT2D eigenvalue weighted by molar-refractivity contribution is 0.0935. The number of likely N-dealkylation sites (N-methyl/N-ethyl adjacent to an activating group) is 1. The number of hydrogen-bond donors (Lipinski definition) is 1. The minimum atomic E-state index is -0.00100. The summed E-state index contributed by atoms with van der Waals surface area (Å²) in [5, 5.41) is 4.33. The van der Waals surface area contributed by atoms with Crippen molar-refractivity contribution in [2.24, 2.45) is 0 Å². The molecule has 138 valence electrons. The van der Waals surface area contributed by atoms with Crippen LogP contribution in [-0.2, 0) is 6.42 Å². The average molecular weight is 371 g/mol. The smallest absolute Gasteiger partial charge is 0.263 e. The summed E-state index contributed by atoms with van der Waals surface area (Å²) in [6.45, 7) is 4.14. The molecule has 1 N–H and O–H groups in total. The molecule has 5 nitrogen and oxygen atoms in total. The maximum Gasteiger partial charge on any atom is 0.263 e. The first-order valence-electron chi connectivity index (χ1n) is 9.52. The third kappa shape index (κ3) is 3.53. The zero-order valence-corrected chi connectivity index (χ0v) is 16.3. The molecule has 6 heteroatoms. The summed E-state index contributed by atoms with van der Waals surface area (Å²) in [7, 11) is 2.16. The van der Waals surface area contributed by atoms with Gasteiger partial charge in [-0.15, -0.1) is 11.3 Å². The number of carbonyl (C=O) groups excluding carboxylic acids is 1. The lowest BCUT2D eigenvalue weighted by Crippen LogP contribution is -2.31. The standard InChI is InChI=1S/C20H26N4OS/c1-13-18(26-20(22-13)15-8-5-11-24(2)12-15)19(25)23-16-9-3-6-14-7-4-10-21-17(14)16/h4,7,10,15-16H,3,5-6,8-9,11-12H2,1-2H3,(H,23,25)/t15?,16-/m1/s1. The van der Waals surface area contributed by atoms with Crippen LogP contribution in [0, 0.1) is 6.92 Å². The van der Waals surface area contributed by atoms with E-state index in [-0.39, 0.29) is 11.9 Å². The van der Waals surface area contributed by atoms with E-state index in [1.54, 1.807) is 11.3 Å². The Morgan fingerprint density at radius 2 is 2.23 bits per heavy atom. The van der Waals surface area contributed by atoms with Crippen molar-refractivity contribution in [1.82, 2.24) is 20.2 Å². The van der Waals surface area contributed by atoms with Gasteiger partial charge >= 0.3 is 0 Å². The van der Waals surface area contributed by atoms with Crippen molar-refractivity contribution >= 4 is 17.2 Å². The third-order valence-corrected chi connectivity index (χ3v) is 6.81. The Balaban J connectivity index is 1.51. The van der Waals surface area contributed by atoms with Crippen LogP contribution in [0.1, 0.15) is 69.3 Å². The molecule has 1 aliphatic carbocycles. The van der Waals surface area contributed by atoms with Crippen LogP contribution in [0.15, 0.2) is 18.3 Å². The minimum absolute atomic E-state index is 0.00100. The van der Waals surface area contributed by atoms with Gasteiger partial charge in [0.05, 0.1) is 22.4 Å². The molecule has 1 fully saturated rings. The zero-order chi connectivity index (χ0) is 18.1. The predicted molar refractivity (Wildman–Crippen MR) is 104 cm³/mol. The van der Waals surface area contributed by atoms with Crippen molar-refractivity contribution in [3.05, 3.63) is 45.2 Å². The number of amides is 1. The molecule has 2 atom stereocenters. The number of fused-ring (bicyclic) bond motifs is 1. The highest BCUT2D eigenvalue weighted by molar-refractivity contribution is 7.13. The normalized spacial score (nSPS) is 23.5. The van der Waals surface area contributed by atoms with Crippen molar-refractivity contribution in [2.75, 3.05) is 20.1 Å². The van der Waals surface area contributed by atoms with Gasteiger partial charge in [0.15, 0.2) is 0 Å². The van der Waals surface area contributed by atoms with Crippen LogP contribution in [0.3, 0.4) is 0 Å². The van der Waals surface area contributed by atoms with Gasteiger partial charge < -0.3 is 10.2 Å². The van der Waals surface area contributed by atoms with E-state index in [2.05, 4.69) is 28.3 Å². The Morgan fingerprint density at radius 3 is 3.08 bits per heavy atom. The number of piperidine rings is 1. The number of thiazole rings is 1. The molecule has 1 amide bonds. The average Bonchev–Trinajstić information content (AvgIpc) is 3.04. The van der Waals surface area contributed by atoms with E-state index in [1.165, 1.54) is 12.0 Å². The van der Waals surface area contributed by atoms with Crippen LogP contribution >= 0.6 is 11.3 Å². The molecule has 2 aliphatic rings. The van der Waals surface area contributed by atoms with Gasteiger partial charge in [0.2, 0.25) is 0 Å². The van der Waals surface area contributed by atoms with Gasteiger partial charge in [0, 0.05) is 18.7 Å². The van der Waals surface area contributed by atoms with Gasteiger partial charge in [0.25, 0.3) is 5.91 Å². The quantitative estimate of drug-likeness (QED) is 0.899. The molecule has 26 heavy (non-hydrogen) atoms. The Morgan fingerprint density at radius 1 is 1.35 bits per heavy atom. The van der Waals surface area contributed by atoms with Gasteiger partial charge in [-0.3, -0.25) is 9.78 Å². The molecule has 0 spiro atoms. The molecule has 4 rings (SSSR count). The van der Waals surface area contributed by atoms with Crippen molar-refractivity contribution in [3.8, 4) is 0 Å². The lowest BCUT2D eigenvalue weighted by atomic mass is 9.92. The SMILES string of the molecule is Cc1nc(C2CCCN(C)C2)sc1C(=O)N[C@@H]1CCCc2cccnc21. The van der Waals surface area contributed by atoms with Crippen LogP contribution in [0.4, 0.5) is 0 Å². The molecular weight excluding hydrogens is 344 g/mol. The van der Waals surface area contributed by atoms with Crippen molar-refractivity contribution in [3.63, 3.8) is 0 Å². The Hall–Kier alpha value is -1.79. The molecule has 1 aliphatic heterocycles. The molecule has 3 heterocycles. The number of rotatable bonds is 3. The third-order valence-electron chi connectivity index (χ3n) is 5.49. The summed E-state index contributed by atoms with van der Waals surface area (Å²) in [6.07, 6.45) is 7.27. The first-order chi connectivity index (χ1) is 12.6. The molecule has 0 radical (unpaired) electrons. The fourth-order valence-electron chi connectivity index (χ4n) is 4.14. The number of aryl methyl sites for hydroxylation is 2. The fraction of sp³-hybridized carbons (Fsp3) is 0.550. The number of carbonyl (C=O) groups is 1. The van der Waals surface area contributed by atoms with Gasteiger partial charge in [-0.1, -0.05) is 6.07 Å². The van der Waals surface area contributed by atoms with Gasteiger partial charge in [-0.2, -0.15) is 0 Å². The fourth-order valence-corrected chi connectivity index (χ4v) is 5.24. The van der Waals surface area contributed by atoms with Gasteiger partial charge in [0.1, 0.15) is 4.88 Å². The Bertz CT molecular complexity index is 803. The Labute approximate surface area is 158 Å². The van der Waals surface area contributed by atoms with Crippen LogP contribution in [0.25, 0.3) is 0 Å². The van der Waals surface area contributed by atoms with Gasteiger partial charge in [-0.05, 0) is 64.3 Å². The molecule has 1 unspecified atom stereocenters. The molecule has 0 saturated carbocycles. The zero-order valence-electron chi connectivity index (χ0n) is 15.5. The monoisotopic (exact) mass is 370 g/mol. The van der Waals surface area contributed by atoms with Crippen LogP contribution in [-0.4, -0.2) is 40.9 Å². The number of pyridine rings is 1. The molecule has 1 saturated heterocycles. The molecule has 2 aromatic rings. The van der Waals surface area contributed by atoms with E-state index >= 15 is 0 Å². The van der Waals surface area contributed by atoms with Crippen molar-refractivity contribution in [2.45, 2.75) is 51.0 Å². The number of aromatic nitrogens is 2. The van der Waals surface area contributed by atoms with Crippen LogP contribution in [0.2, 0.25) is 0 Å². The summed E-state index contributed by atoms with van der Waals surface area (Å²) in [6, 6.07) is 4.11. The van der Waals surface area contributed by atoms with Crippen molar-refractivity contribution < 1.29 is 4.79 Å². The highest BCUT2D eigenvalue weighted by atomic mass is 32.1. The van der Waals surface area contributed by atoms with Crippen LogP contribution < -0.4 is 5.32 Å².